The Morgan fingerprint density at radius 1 is 1.05 bits per heavy atom. The van der Waals surface area contributed by atoms with Crippen molar-refractivity contribution in [2.45, 2.75) is 84.2 Å². The van der Waals surface area contributed by atoms with Crippen LogP contribution in [0.25, 0.3) is 0 Å². The zero-order chi connectivity index (χ0) is 14.4. The fraction of sp³-hybridized carbons (Fsp3) is 0.944. The summed E-state index contributed by atoms with van der Waals surface area (Å²) in [6, 6.07) is 0. The van der Waals surface area contributed by atoms with E-state index in [4.69, 9.17) is 4.74 Å². The molecule has 0 amide bonds. The average molecular weight is 278 g/mol. The maximum atomic E-state index is 11.8. The number of hydrogen-bond acceptors (Lipinski definition) is 2. The molecule has 4 bridgehead atoms. The third-order valence-electron chi connectivity index (χ3n) is 5.67. The van der Waals surface area contributed by atoms with E-state index in [1.54, 1.807) is 0 Å². The first kappa shape index (κ1) is 14.4. The highest BCUT2D eigenvalue weighted by molar-refractivity contribution is 5.69. The van der Waals surface area contributed by atoms with Gasteiger partial charge in [-0.15, -0.1) is 0 Å². The lowest BCUT2D eigenvalue weighted by Gasteiger charge is -2.57. The van der Waals surface area contributed by atoms with Crippen LogP contribution in [-0.2, 0) is 9.53 Å². The van der Waals surface area contributed by atoms with E-state index < -0.39 is 0 Å². The molecule has 2 heteroatoms. The van der Waals surface area contributed by atoms with Gasteiger partial charge in [0.15, 0.2) is 0 Å². The molecule has 4 aliphatic rings. The minimum Gasteiger partial charge on any atom is -0.460 e. The van der Waals surface area contributed by atoms with E-state index in [0.29, 0.717) is 11.8 Å². The first-order valence-electron chi connectivity index (χ1n) is 8.55. The van der Waals surface area contributed by atoms with Crippen LogP contribution < -0.4 is 0 Å². The molecule has 0 saturated heterocycles. The fourth-order valence-corrected chi connectivity index (χ4v) is 5.60. The van der Waals surface area contributed by atoms with E-state index in [-0.39, 0.29) is 11.6 Å². The highest BCUT2D eigenvalue weighted by atomic mass is 16.6. The van der Waals surface area contributed by atoms with Crippen LogP contribution in [0.2, 0.25) is 0 Å². The Hall–Kier alpha value is -0.530. The molecule has 2 nitrogen and oxygen atoms in total. The second kappa shape index (κ2) is 5.03. The van der Waals surface area contributed by atoms with Crippen LogP contribution in [0.1, 0.15) is 78.6 Å². The molecule has 0 heterocycles. The van der Waals surface area contributed by atoms with Gasteiger partial charge in [-0.2, -0.15) is 0 Å². The summed E-state index contributed by atoms with van der Waals surface area (Å²) in [5.74, 6) is 3.04. The third kappa shape index (κ3) is 3.20. The molecule has 4 saturated carbocycles. The highest BCUT2D eigenvalue weighted by Crippen LogP contribution is 2.61. The van der Waals surface area contributed by atoms with Crippen molar-refractivity contribution in [3.63, 3.8) is 0 Å². The van der Waals surface area contributed by atoms with Crippen molar-refractivity contribution >= 4 is 5.97 Å². The van der Waals surface area contributed by atoms with Crippen LogP contribution in [0.15, 0.2) is 0 Å². The van der Waals surface area contributed by atoms with Crippen molar-refractivity contribution in [2.75, 3.05) is 0 Å². The van der Waals surface area contributed by atoms with E-state index in [2.05, 4.69) is 0 Å². The Labute approximate surface area is 123 Å². The van der Waals surface area contributed by atoms with Crippen molar-refractivity contribution in [3.05, 3.63) is 0 Å². The number of esters is 1. The fourth-order valence-electron chi connectivity index (χ4n) is 5.60. The summed E-state index contributed by atoms with van der Waals surface area (Å²) >= 11 is 0. The normalized spacial score (nSPS) is 39.0. The molecule has 0 aromatic rings. The van der Waals surface area contributed by atoms with Gasteiger partial charge >= 0.3 is 5.97 Å². The van der Waals surface area contributed by atoms with Crippen LogP contribution in [0, 0.1) is 23.2 Å². The van der Waals surface area contributed by atoms with Gasteiger partial charge in [0.1, 0.15) is 5.60 Å². The monoisotopic (exact) mass is 278 g/mol. The molecule has 0 aliphatic heterocycles. The molecule has 0 atom stereocenters. The standard InChI is InChI=1S/C18H30O2/c1-17(2,3)20-16(19)5-4-6-18-10-13-7-14(11-18)9-15(8-13)12-18/h13-15H,4-12H2,1-3H3. The molecular formula is C18H30O2. The van der Waals surface area contributed by atoms with Crippen molar-refractivity contribution in [3.8, 4) is 0 Å². The number of ether oxygens (including phenoxy) is 1. The first-order valence-corrected chi connectivity index (χ1v) is 8.55. The summed E-state index contributed by atoms with van der Waals surface area (Å²) in [4.78, 5) is 11.8. The number of carbonyl (C=O) groups excluding carboxylic acids is 1. The molecule has 114 valence electrons. The van der Waals surface area contributed by atoms with Gasteiger partial charge in [0.25, 0.3) is 0 Å². The number of rotatable bonds is 4. The summed E-state index contributed by atoms with van der Waals surface area (Å²) in [6.45, 7) is 5.85. The van der Waals surface area contributed by atoms with Gasteiger partial charge in [0.05, 0.1) is 0 Å². The van der Waals surface area contributed by atoms with Gasteiger partial charge in [-0.05, 0) is 95.3 Å². The van der Waals surface area contributed by atoms with Crippen LogP contribution in [0.4, 0.5) is 0 Å². The molecule has 4 aliphatic carbocycles. The summed E-state index contributed by atoms with van der Waals surface area (Å²) in [7, 11) is 0. The molecule has 0 N–H and O–H groups in total. The Balaban J connectivity index is 1.48. The van der Waals surface area contributed by atoms with E-state index in [0.717, 1.165) is 24.2 Å². The Kier molecular flexibility index (Phi) is 3.63. The van der Waals surface area contributed by atoms with Crippen LogP contribution in [0.3, 0.4) is 0 Å². The lowest BCUT2D eigenvalue weighted by molar-refractivity contribution is -0.155. The Bertz CT molecular complexity index is 342. The molecule has 0 aromatic heterocycles. The van der Waals surface area contributed by atoms with E-state index >= 15 is 0 Å². The molecule has 0 aromatic carbocycles. The molecule has 4 rings (SSSR count). The summed E-state index contributed by atoms with van der Waals surface area (Å²) in [5.41, 5.74) is 0.272. The van der Waals surface area contributed by atoms with Crippen molar-refractivity contribution in [2.24, 2.45) is 23.2 Å². The first-order chi connectivity index (χ1) is 9.34. The summed E-state index contributed by atoms with van der Waals surface area (Å²) in [5, 5.41) is 0. The number of carbonyl (C=O) groups is 1. The van der Waals surface area contributed by atoms with Gasteiger partial charge in [-0.1, -0.05) is 0 Å². The van der Waals surface area contributed by atoms with Gasteiger partial charge in [0.2, 0.25) is 0 Å². The maximum absolute atomic E-state index is 11.8. The largest absolute Gasteiger partial charge is 0.460 e. The lowest BCUT2D eigenvalue weighted by atomic mass is 9.48. The topological polar surface area (TPSA) is 26.3 Å². The Morgan fingerprint density at radius 3 is 2.00 bits per heavy atom. The molecule has 4 fully saturated rings. The van der Waals surface area contributed by atoms with Crippen molar-refractivity contribution < 1.29 is 9.53 Å². The molecular weight excluding hydrogens is 248 g/mol. The molecule has 0 unspecified atom stereocenters. The molecule has 20 heavy (non-hydrogen) atoms. The SMILES string of the molecule is CC(C)(C)OC(=O)CCCC12CC3CC(CC(C3)C1)C2. The Morgan fingerprint density at radius 2 is 1.55 bits per heavy atom. The third-order valence-corrected chi connectivity index (χ3v) is 5.67. The quantitative estimate of drug-likeness (QED) is 0.696. The van der Waals surface area contributed by atoms with Gasteiger partial charge in [-0.3, -0.25) is 4.79 Å². The van der Waals surface area contributed by atoms with Gasteiger partial charge in [-0.25, -0.2) is 0 Å². The predicted octanol–water partition coefficient (Wildman–Crippen LogP) is 4.71. The summed E-state index contributed by atoms with van der Waals surface area (Å²) < 4.78 is 5.42. The zero-order valence-corrected chi connectivity index (χ0v) is 13.4. The minimum absolute atomic E-state index is 0.0118. The van der Waals surface area contributed by atoms with E-state index in [1.807, 2.05) is 20.8 Å². The van der Waals surface area contributed by atoms with Crippen LogP contribution in [0.5, 0.6) is 0 Å². The second-order valence-electron chi connectivity index (χ2n) is 8.86. The molecule has 0 radical (unpaired) electrons. The number of hydrogen-bond donors (Lipinski definition) is 0. The predicted molar refractivity (Wildman–Crippen MR) is 80.3 cm³/mol. The molecule has 0 spiro atoms. The van der Waals surface area contributed by atoms with Crippen molar-refractivity contribution in [1.82, 2.24) is 0 Å². The maximum Gasteiger partial charge on any atom is 0.306 e. The average Bonchev–Trinajstić information content (AvgIpc) is 2.23. The summed E-state index contributed by atoms with van der Waals surface area (Å²) in [6.07, 6.45) is 11.8. The highest BCUT2D eigenvalue weighted by Gasteiger charge is 2.50. The van der Waals surface area contributed by atoms with E-state index in [1.165, 1.54) is 44.9 Å². The van der Waals surface area contributed by atoms with E-state index in [9.17, 15) is 4.79 Å². The lowest BCUT2D eigenvalue weighted by Crippen LogP contribution is -2.46. The van der Waals surface area contributed by atoms with Gasteiger partial charge < -0.3 is 4.74 Å². The van der Waals surface area contributed by atoms with Crippen LogP contribution >= 0.6 is 0 Å². The van der Waals surface area contributed by atoms with Crippen LogP contribution in [-0.4, -0.2) is 11.6 Å². The zero-order valence-electron chi connectivity index (χ0n) is 13.4. The van der Waals surface area contributed by atoms with Gasteiger partial charge in [0, 0.05) is 6.42 Å². The van der Waals surface area contributed by atoms with Crippen molar-refractivity contribution in [1.29, 1.82) is 0 Å². The second-order valence-corrected chi connectivity index (χ2v) is 8.86. The minimum atomic E-state index is -0.336. The smallest absolute Gasteiger partial charge is 0.306 e.